The first kappa shape index (κ1) is 15.8. The molecule has 0 radical (unpaired) electrons. The van der Waals surface area contributed by atoms with E-state index in [0.717, 1.165) is 5.56 Å². The first-order valence-electron chi connectivity index (χ1n) is 6.68. The van der Waals surface area contributed by atoms with Gasteiger partial charge in [-0.05, 0) is 24.6 Å². The monoisotopic (exact) mass is 309 g/mol. The number of nitrogens with one attached hydrogen (secondary N) is 1. The Hall–Kier alpha value is -1.59. The number of benzene rings is 1. The Balaban J connectivity index is 2.25. The van der Waals surface area contributed by atoms with Crippen LogP contribution in [0.15, 0.2) is 18.2 Å². The molecule has 0 atom stereocenters. The van der Waals surface area contributed by atoms with Crippen molar-refractivity contribution in [2.45, 2.75) is 6.92 Å². The molecule has 114 valence electrons. The van der Waals surface area contributed by atoms with Crippen molar-refractivity contribution in [2.75, 3.05) is 37.6 Å². The van der Waals surface area contributed by atoms with E-state index in [1.54, 1.807) is 6.07 Å². The Morgan fingerprint density at radius 3 is 2.76 bits per heavy atom. The molecule has 0 aliphatic carbocycles. The molecule has 0 spiro atoms. The van der Waals surface area contributed by atoms with Gasteiger partial charge in [0.2, 0.25) is 0 Å². The van der Waals surface area contributed by atoms with E-state index in [1.807, 2.05) is 19.1 Å². The normalized spacial score (nSPS) is 16.1. The molecule has 21 heavy (non-hydrogen) atoms. The molecule has 6 nitrogen and oxygen atoms in total. The molecule has 1 aliphatic heterocycles. The van der Waals surface area contributed by atoms with Gasteiger partial charge in [0.05, 0.1) is 25.4 Å². The molecule has 0 amide bonds. The highest BCUT2D eigenvalue weighted by molar-refractivity contribution is 7.90. The van der Waals surface area contributed by atoms with Crippen LogP contribution >= 0.6 is 0 Å². The maximum absolute atomic E-state index is 12.4. The molecule has 1 aromatic rings. The standard InChI is InChI=1S/C14H19N3O3S/c1-12-4-5-14(13(11-12)3-2-6-15)16-21(18,19)17-7-9-20-10-8-17/h4-5,11,16H,6-10,15H2,1H3. The van der Waals surface area contributed by atoms with Crippen LogP contribution in [-0.4, -0.2) is 45.6 Å². The van der Waals surface area contributed by atoms with Crippen LogP contribution in [0, 0.1) is 18.8 Å². The van der Waals surface area contributed by atoms with Crippen LogP contribution in [0.4, 0.5) is 5.69 Å². The van der Waals surface area contributed by atoms with E-state index in [1.165, 1.54) is 4.31 Å². The smallest absolute Gasteiger partial charge is 0.301 e. The molecular weight excluding hydrogens is 290 g/mol. The number of ether oxygens (including phenoxy) is 1. The first-order valence-corrected chi connectivity index (χ1v) is 8.12. The number of nitrogens with zero attached hydrogens (tertiary/aromatic N) is 1. The Morgan fingerprint density at radius 2 is 2.10 bits per heavy atom. The summed E-state index contributed by atoms with van der Waals surface area (Å²) in [6.07, 6.45) is 0. The zero-order valence-electron chi connectivity index (χ0n) is 11.9. The van der Waals surface area contributed by atoms with Gasteiger partial charge in [0.1, 0.15) is 0 Å². The second-order valence-corrected chi connectivity index (χ2v) is 6.34. The number of nitrogens with two attached hydrogens (primary N) is 1. The summed E-state index contributed by atoms with van der Waals surface area (Å²) in [5, 5.41) is 0. The summed E-state index contributed by atoms with van der Waals surface area (Å²) in [5.74, 6) is 5.64. The summed E-state index contributed by atoms with van der Waals surface area (Å²) in [4.78, 5) is 0. The number of anilines is 1. The van der Waals surface area contributed by atoms with Crippen molar-refractivity contribution in [3.05, 3.63) is 29.3 Å². The highest BCUT2D eigenvalue weighted by atomic mass is 32.2. The molecular formula is C14H19N3O3S. The van der Waals surface area contributed by atoms with Crippen molar-refractivity contribution in [3.8, 4) is 11.8 Å². The Labute approximate surface area is 125 Å². The summed E-state index contributed by atoms with van der Waals surface area (Å²) < 4.78 is 33.8. The van der Waals surface area contributed by atoms with E-state index in [0.29, 0.717) is 37.6 Å². The molecule has 1 heterocycles. The minimum absolute atomic E-state index is 0.226. The quantitative estimate of drug-likeness (QED) is 0.786. The third-order valence-electron chi connectivity index (χ3n) is 3.05. The van der Waals surface area contributed by atoms with Crippen LogP contribution in [0.1, 0.15) is 11.1 Å². The lowest BCUT2D eigenvalue weighted by Crippen LogP contribution is -2.43. The van der Waals surface area contributed by atoms with Crippen molar-refractivity contribution in [1.82, 2.24) is 4.31 Å². The number of hydrogen-bond acceptors (Lipinski definition) is 4. The predicted molar refractivity (Wildman–Crippen MR) is 82.0 cm³/mol. The fraction of sp³-hybridized carbons (Fsp3) is 0.429. The molecule has 2 rings (SSSR count). The van der Waals surface area contributed by atoms with Gasteiger partial charge in [-0.2, -0.15) is 12.7 Å². The Bertz CT molecular complexity index is 656. The van der Waals surface area contributed by atoms with Crippen molar-refractivity contribution in [1.29, 1.82) is 0 Å². The van der Waals surface area contributed by atoms with E-state index in [2.05, 4.69) is 16.6 Å². The van der Waals surface area contributed by atoms with E-state index >= 15 is 0 Å². The molecule has 0 saturated carbocycles. The summed E-state index contributed by atoms with van der Waals surface area (Å²) in [6.45, 7) is 3.68. The number of aryl methyl sites for hydroxylation is 1. The van der Waals surface area contributed by atoms with E-state index < -0.39 is 10.2 Å². The number of morpholine rings is 1. The molecule has 3 N–H and O–H groups in total. The number of rotatable bonds is 3. The lowest BCUT2D eigenvalue weighted by molar-refractivity contribution is 0.0733. The topological polar surface area (TPSA) is 84.7 Å². The maximum Gasteiger partial charge on any atom is 0.301 e. The SMILES string of the molecule is Cc1ccc(NS(=O)(=O)N2CCOCC2)c(C#CCN)c1. The van der Waals surface area contributed by atoms with Gasteiger partial charge in [-0.15, -0.1) is 0 Å². The summed E-state index contributed by atoms with van der Waals surface area (Å²) >= 11 is 0. The zero-order chi connectivity index (χ0) is 15.3. The predicted octanol–water partition coefficient (Wildman–Crippen LogP) is 0.294. The Kier molecular flexibility index (Phi) is 5.20. The highest BCUT2D eigenvalue weighted by Crippen LogP contribution is 2.19. The lowest BCUT2D eigenvalue weighted by atomic mass is 10.1. The fourth-order valence-electron chi connectivity index (χ4n) is 1.99. The minimum Gasteiger partial charge on any atom is -0.379 e. The van der Waals surface area contributed by atoms with Crippen LogP contribution < -0.4 is 10.5 Å². The highest BCUT2D eigenvalue weighted by Gasteiger charge is 2.24. The van der Waals surface area contributed by atoms with Crippen molar-refractivity contribution in [3.63, 3.8) is 0 Å². The van der Waals surface area contributed by atoms with Crippen LogP contribution in [0.25, 0.3) is 0 Å². The largest absolute Gasteiger partial charge is 0.379 e. The van der Waals surface area contributed by atoms with Crippen LogP contribution in [0.3, 0.4) is 0 Å². The van der Waals surface area contributed by atoms with Crippen molar-refractivity contribution >= 4 is 15.9 Å². The van der Waals surface area contributed by atoms with E-state index in [4.69, 9.17) is 10.5 Å². The lowest BCUT2D eigenvalue weighted by Gasteiger charge is -2.26. The molecule has 1 aromatic carbocycles. The molecule has 1 fully saturated rings. The molecule has 1 aliphatic rings. The van der Waals surface area contributed by atoms with Gasteiger partial charge < -0.3 is 10.5 Å². The van der Waals surface area contributed by atoms with Gasteiger partial charge >= 0.3 is 10.2 Å². The van der Waals surface area contributed by atoms with Gasteiger partial charge in [-0.1, -0.05) is 17.9 Å². The molecule has 0 unspecified atom stereocenters. The summed E-state index contributed by atoms with van der Waals surface area (Å²) in [6, 6.07) is 5.39. The second kappa shape index (κ2) is 6.91. The number of hydrogen-bond donors (Lipinski definition) is 2. The van der Waals surface area contributed by atoms with Crippen LogP contribution in [0.5, 0.6) is 0 Å². The van der Waals surface area contributed by atoms with E-state index in [-0.39, 0.29) is 6.54 Å². The third kappa shape index (κ3) is 4.19. The molecule has 0 aromatic heterocycles. The average Bonchev–Trinajstić information content (AvgIpc) is 2.48. The van der Waals surface area contributed by atoms with Crippen LogP contribution in [0.2, 0.25) is 0 Å². The van der Waals surface area contributed by atoms with Gasteiger partial charge in [-0.3, -0.25) is 4.72 Å². The van der Waals surface area contributed by atoms with Gasteiger partial charge in [0.15, 0.2) is 0 Å². The molecule has 1 saturated heterocycles. The van der Waals surface area contributed by atoms with Crippen LogP contribution in [-0.2, 0) is 14.9 Å². The van der Waals surface area contributed by atoms with Gasteiger partial charge in [0, 0.05) is 18.7 Å². The van der Waals surface area contributed by atoms with Crippen molar-refractivity contribution < 1.29 is 13.2 Å². The first-order chi connectivity index (χ1) is 10.0. The van der Waals surface area contributed by atoms with Crippen molar-refractivity contribution in [2.24, 2.45) is 5.73 Å². The molecule has 0 bridgehead atoms. The minimum atomic E-state index is -3.59. The van der Waals surface area contributed by atoms with E-state index in [9.17, 15) is 8.42 Å². The second-order valence-electron chi connectivity index (χ2n) is 4.67. The van der Waals surface area contributed by atoms with Gasteiger partial charge in [0.25, 0.3) is 0 Å². The third-order valence-corrected chi connectivity index (χ3v) is 4.57. The maximum atomic E-state index is 12.4. The molecule has 7 heteroatoms. The summed E-state index contributed by atoms with van der Waals surface area (Å²) in [5.41, 5.74) is 7.47. The zero-order valence-corrected chi connectivity index (χ0v) is 12.7. The summed E-state index contributed by atoms with van der Waals surface area (Å²) in [7, 11) is -3.59. The average molecular weight is 309 g/mol. The Morgan fingerprint density at radius 1 is 1.38 bits per heavy atom. The van der Waals surface area contributed by atoms with Gasteiger partial charge in [-0.25, -0.2) is 0 Å². The fourth-order valence-corrected chi connectivity index (χ4v) is 3.20.